The van der Waals surface area contributed by atoms with Gasteiger partial charge in [0.1, 0.15) is 6.61 Å². The van der Waals surface area contributed by atoms with E-state index in [-0.39, 0.29) is 11.4 Å². The third-order valence-electron chi connectivity index (χ3n) is 16.6. The zero-order valence-electron chi connectivity index (χ0n) is 36.0. The lowest BCUT2D eigenvalue weighted by atomic mass is 9.44. The van der Waals surface area contributed by atoms with Gasteiger partial charge in [-0.1, -0.05) is 111 Å². The summed E-state index contributed by atoms with van der Waals surface area (Å²) in [5.74, 6) is 4.14. The lowest BCUT2D eigenvalue weighted by Crippen LogP contribution is -2.54. The molecule has 0 aliphatic heterocycles. The van der Waals surface area contributed by atoms with Crippen LogP contribution in [0.1, 0.15) is 191 Å². The standard InChI is InChI=1S/C49H82O4/c1-11-41-24-25-43-47(10)29-26-42(39(7)22-15-23-40(8)45(51)52)46(47,9)31-32-49(43)34-48(41,49)30-27-44(50)53-33-28-38(6)21-14-20-37(5)19-13-18-36(4)17-12-16-35(2)3/h11,23,28,35-37,39,41-43H,1,12-22,24-27,29-34H2,2-10H3,(H,51,52). The summed E-state index contributed by atoms with van der Waals surface area (Å²) in [6, 6.07) is 0. The van der Waals surface area contributed by atoms with E-state index in [1.165, 1.54) is 102 Å². The summed E-state index contributed by atoms with van der Waals surface area (Å²) < 4.78 is 5.84. The summed E-state index contributed by atoms with van der Waals surface area (Å²) in [4.78, 5) is 24.5. The molecule has 4 nitrogen and oxygen atoms in total. The van der Waals surface area contributed by atoms with Crippen molar-refractivity contribution in [2.45, 2.75) is 191 Å². The third-order valence-corrected chi connectivity index (χ3v) is 16.6. The van der Waals surface area contributed by atoms with Gasteiger partial charge in [-0.15, -0.1) is 6.58 Å². The molecule has 10 unspecified atom stereocenters. The maximum atomic E-state index is 13.2. The molecule has 0 aromatic heterocycles. The summed E-state index contributed by atoms with van der Waals surface area (Å²) in [6.45, 7) is 25.8. The average molecular weight is 735 g/mol. The van der Waals surface area contributed by atoms with Crippen molar-refractivity contribution >= 4 is 11.9 Å². The second-order valence-electron chi connectivity index (χ2n) is 20.3. The molecule has 0 heterocycles. The van der Waals surface area contributed by atoms with E-state index in [0.29, 0.717) is 58.5 Å². The van der Waals surface area contributed by atoms with Crippen LogP contribution in [-0.4, -0.2) is 23.7 Å². The average Bonchev–Trinajstić information content (AvgIpc) is 3.69. The van der Waals surface area contributed by atoms with E-state index >= 15 is 0 Å². The fourth-order valence-electron chi connectivity index (χ4n) is 13.0. The Bertz CT molecular complexity index is 1290. The summed E-state index contributed by atoms with van der Waals surface area (Å²) in [5, 5.41) is 9.30. The topological polar surface area (TPSA) is 63.6 Å². The summed E-state index contributed by atoms with van der Waals surface area (Å²) in [7, 11) is 0. The number of carbonyl (C=O) groups is 2. The van der Waals surface area contributed by atoms with Crippen molar-refractivity contribution in [2.24, 2.45) is 63.1 Å². The highest BCUT2D eigenvalue weighted by Crippen LogP contribution is 2.87. The Morgan fingerprint density at radius 1 is 0.811 bits per heavy atom. The Morgan fingerprint density at radius 3 is 2.11 bits per heavy atom. The van der Waals surface area contributed by atoms with E-state index in [0.717, 1.165) is 43.4 Å². The molecule has 0 saturated heterocycles. The van der Waals surface area contributed by atoms with Gasteiger partial charge in [-0.25, -0.2) is 4.79 Å². The van der Waals surface area contributed by atoms with E-state index in [4.69, 9.17) is 4.74 Å². The smallest absolute Gasteiger partial charge is 0.330 e. The zero-order valence-corrected chi connectivity index (χ0v) is 36.0. The number of ether oxygens (including phenoxy) is 1. The zero-order chi connectivity index (χ0) is 39.0. The lowest BCUT2D eigenvalue weighted by Gasteiger charge is -2.61. The number of aliphatic carboxylic acids is 1. The monoisotopic (exact) mass is 735 g/mol. The minimum Gasteiger partial charge on any atom is -0.478 e. The highest BCUT2D eigenvalue weighted by Gasteiger charge is 2.79. The number of allylic oxidation sites excluding steroid dienone is 3. The highest BCUT2D eigenvalue weighted by atomic mass is 16.5. The van der Waals surface area contributed by atoms with Gasteiger partial charge in [-0.05, 0) is 160 Å². The van der Waals surface area contributed by atoms with Gasteiger partial charge in [0.15, 0.2) is 0 Å². The van der Waals surface area contributed by atoms with E-state index in [1.54, 1.807) is 6.92 Å². The number of esters is 1. The van der Waals surface area contributed by atoms with Crippen LogP contribution in [0.25, 0.3) is 0 Å². The SMILES string of the molecule is C=CC1CCC2C3(C)CCC(C(C)CCC=C(C)C(=O)O)C3(C)CCC23CC13CCC(=O)OCC=C(C)CCCC(C)CCCC(C)CCCC(C)C. The molecule has 10 atom stereocenters. The maximum absolute atomic E-state index is 13.2. The minimum atomic E-state index is -0.803. The van der Waals surface area contributed by atoms with E-state index in [1.807, 2.05) is 6.08 Å². The van der Waals surface area contributed by atoms with Crippen LogP contribution in [0, 0.1) is 63.1 Å². The molecule has 4 rings (SSSR count). The maximum Gasteiger partial charge on any atom is 0.330 e. The summed E-state index contributed by atoms with van der Waals surface area (Å²) in [6.07, 6.45) is 30.4. The molecule has 4 heteroatoms. The van der Waals surface area contributed by atoms with Crippen molar-refractivity contribution in [1.29, 1.82) is 0 Å². The molecule has 1 spiro atoms. The largest absolute Gasteiger partial charge is 0.478 e. The summed E-state index contributed by atoms with van der Waals surface area (Å²) in [5.41, 5.74) is 3.00. The Kier molecular flexibility index (Phi) is 15.6. The molecule has 4 saturated carbocycles. The van der Waals surface area contributed by atoms with Crippen LogP contribution >= 0.6 is 0 Å². The van der Waals surface area contributed by atoms with Gasteiger partial charge in [0.25, 0.3) is 0 Å². The van der Waals surface area contributed by atoms with Crippen LogP contribution in [0.2, 0.25) is 0 Å². The lowest BCUT2D eigenvalue weighted by molar-refractivity contribution is -0.144. The number of carboxylic acid groups (broad SMARTS) is 1. The molecule has 0 aromatic carbocycles. The Hall–Kier alpha value is -1.84. The van der Waals surface area contributed by atoms with Crippen LogP contribution < -0.4 is 0 Å². The molecular weight excluding hydrogens is 653 g/mol. The molecule has 0 aromatic rings. The molecular formula is C49H82O4. The van der Waals surface area contributed by atoms with Gasteiger partial charge in [0.05, 0.1) is 0 Å². The van der Waals surface area contributed by atoms with Crippen molar-refractivity contribution in [2.75, 3.05) is 6.61 Å². The van der Waals surface area contributed by atoms with Crippen molar-refractivity contribution in [3.8, 4) is 0 Å². The second kappa shape index (κ2) is 18.9. The predicted octanol–water partition coefficient (Wildman–Crippen LogP) is 13.9. The van der Waals surface area contributed by atoms with Crippen molar-refractivity contribution in [3.63, 3.8) is 0 Å². The molecule has 0 radical (unpaired) electrons. The molecule has 302 valence electrons. The second-order valence-corrected chi connectivity index (χ2v) is 20.3. The minimum absolute atomic E-state index is 0.0312. The fourth-order valence-corrected chi connectivity index (χ4v) is 13.0. The number of hydrogen-bond acceptors (Lipinski definition) is 3. The van der Waals surface area contributed by atoms with E-state index in [2.05, 4.69) is 74.1 Å². The van der Waals surface area contributed by atoms with Crippen LogP contribution in [-0.2, 0) is 14.3 Å². The number of fused-ring (bicyclic) bond motifs is 2. The molecule has 4 aliphatic carbocycles. The van der Waals surface area contributed by atoms with Gasteiger partial charge in [-0.3, -0.25) is 4.79 Å². The first kappa shape index (κ1) is 43.9. The number of carbonyl (C=O) groups excluding carboxylic acids is 1. The fraction of sp³-hybridized carbons (Fsp3) is 0.837. The van der Waals surface area contributed by atoms with Gasteiger partial charge in [-0.2, -0.15) is 0 Å². The summed E-state index contributed by atoms with van der Waals surface area (Å²) >= 11 is 0. The third kappa shape index (κ3) is 9.94. The van der Waals surface area contributed by atoms with Gasteiger partial charge >= 0.3 is 11.9 Å². The van der Waals surface area contributed by atoms with Gasteiger partial charge in [0, 0.05) is 12.0 Å². The van der Waals surface area contributed by atoms with Crippen molar-refractivity contribution in [3.05, 3.63) is 36.0 Å². The number of rotatable bonds is 23. The van der Waals surface area contributed by atoms with Crippen LogP contribution in [0.3, 0.4) is 0 Å². The van der Waals surface area contributed by atoms with Crippen LogP contribution in [0.15, 0.2) is 36.0 Å². The van der Waals surface area contributed by atoms with E-state index in [9.17, 15) is 14.7 Å². The van der Waals surface area contributed by atoms with Gasteiger partial charge < -0.3 is 9.84 Å². The highest BCUT2D eigenvalue weighted by molar-refractivity contribution is 5.85. The molecule has 1 N–H and O–H groups in total. The van der Waals surface area contributed by atoms with Crippen LogP contribution in [0.4, 0.5) is 0 Å². The molecule has 0 amide bonds. The Balaban J connectivity index is 1.22. The molecule has 4 aliphatic rings. The Morgan fingerprint density at radius 2 is 1.47 bits per heavy atom. The van der Waals surface area contributed by atoms with Crippen LogP contribution in [0.5, 0.6) is 0 Å². The van der Waals surface area contributed by atoms with Crippen molar-refractivity contribution in [1.82, 2.24) is 0 Å². The first-order chi connectivity index (χ1) is 25.0. The van der Waals surface area contributed by atoms with Crippen molar-refractivity contribution < 1.29 is 19.4 Å². The first-order valence-electron chi connectivity index (χ1n) is 22.4. The van der Waals surface area contributed by atoms with E-state index < -0.39 is 5.97 Å². The molecule has 53 heavy (non-hydrogen) atoms. The number of hydrogen-bond donors (Lipinski definition) is 1. The quantitative estimate of drug-likeness (QED) is 0.0645. The Labute approximate surface area is 326 Å². The molecule has 0 bridgehead atoms. The first-order valence-corrected chi connectivity index (χ1v) is 22.4. The number of carboxylic acids is 1. The molecule has 4 fully saturated rings. The normalized spacial score (nSPS) is 34.1. The van der Waals surface area contributed by atoms with Gasteiger partial charge in [0.2, 0.25) is 0 Å². The predicted molar refractivity (Wildman–Crippen MR) is 223 cm³/mol.